The van der Waals surface area contributed by atoms with Crippen molar-refractivity contribution in [1.82, 2.24) is 10.2 Å². The van der Waals surface area contributed by atoms with Crippen molar-refractivity contribution in [2.24, 2.45) is 0 Å². The maximum Gasteiger partial charge on any atom is 0.255 e. The molecule has 1 fully saturated rings. The molecule has 1 aromatic carbocycles. The zero-order valence-corrected chi connectivity index (χ0v) is 14.3. The monoisotopic (exact) mass is 326 g/mol. The van der Waals surface area contributed by atoms with Crippen LogP contribution in [0, 0.1) is 0 Å². The van der Waals surface area contributed by atoms with E-state index in [0.29, 0.717) is 23.2 Å². The van der Waals surface area contributed by atoms with Gasteiger partial charge in [-0.25, -0.2) is 0 Å². The van der Waals surface area contributed by atoms with Crippen molar-refractivity contribution in [2.45, 2.75) is 37.1 Å². The van der Waals surface area contributed by atoms with E-state index >= 15 is 0 Å². The molecule has 1 atom stereocenters. The highest BCUT2D eigenvalue weighted by molar-refractivity contribution is 7.98. The minimum atomic E-state index is 0.0331. The van der Waals surface area contributed by atoms with E-state index in [9.17, 15) is 4.79 Å². The number of nitrogens with zero attached hydrogens (tertiary/aromatic N) is 1. The molecule has 116 valence electrons. The third kappa shape index (κ3) is 4.38. The molecular formula is C16H23ClN2OS. The Kier molecular flexibility index (Phi) is 6.40. The topological polar surface area (TPSA) is 32.3 Å². The summed E-state index contributed by atoms with van der Waals surface area (Å²) in [6.45, 7) is 4.54. The summed E-state index contributed by atoms with van der Waals surface area (Å²) in [6.07, 6.45) is 5.62. The number of piperidine rings is 1. The molecule has 1 heterocycles. The highest BCUT2D eigenvalue weighted by atomic mass is 35.5. The highest BCUT2D eigenvalue weighted by Gasteiger charge is 2.22. The van der Waals surface area contributed by atoms with Crippen molar-refractivity contribution in [1.29, 1.82) is 0 Å². The second-order valence-corrected chi connectivity index (χ2v) is 6.62. The van der Waals surface area contributed by atoms with Gasteiger partial charge >= 0.3 is 0 Å². The summed E-state index contributed by atoms with van der Waals surface area (Å²) in [4.78, 5) is 15.7. The molecule has 0 saturated carbocycles. The second kappa shape index (κ2) is 8.06. The van der Waals surface area contributed by atoms with E-state index in [1.807, 2.05) is 36.3 Å². The molecule has 1 saturated heterocycles. The number of benzene rings is 1. The predicted octanol–water partition coefficient (Wildman–Crippen LogP) is 3.67. The molecule has 1 N–H and O–H groups in total. The minimum Gasteiger partial charge on any atom is -0.337 e. The SMILES string of the molecule is CCN(CC1CCCCN1)C(=O)c1cc(SC)ccc1Cl. The van der Waals surface area contributed by atoms with Gasteiger partial charge in [-0.3, -0.25) is 4.79 Å². The van der Waals surface area contributed by atoms with Crippen LogP contribution in [0.4, 0.5) is 0 Å². The normalized spacial score (nSPS) is 18.5. The van der Waals surface area contributed by atoms with Crippen LogP contribution in [0.2, 0.25) is 5.02 Å². The molecule has 3 nitrogen and oxygen atoms in total. The molecule has 5 heteroatoms. The molecule has 0 spiro atoms. The van der Waals surface area contributed by atoms with Crippen molar-refractivity contribution in [3.05, 3.63) is 28.8 Å². The lowest BCUT2D eigenvalue weighted by Gasteiger charge is -2.30. The zero-order valence-electron chi connectivity index (χ0n) is 12.7. The van der Waals surface area contributed by atoms with E-state index in [1.54, 1.807) is 11.8 Å². The number of thioether (sulfide) groups is 1. The fraction of sp³-hybridized carbons (Fsp3) is 0.562. The Bertz CT molecular complexity index is 489. The van der Waals surface area contributed by atoms with Crippen LogP contribution >= 0.6 is 23.4 Å². The molecule has 0 radical (unpaired) electrons. The Morgan fingerprint density at radius 1 is 1.48 bits per heavy atom. The molecule has 1 unspecified atom stereocenters. The van der Waals surface area contributed by atoms with Crippen molar-refractivity contribution in [2.75, 3.05) is 25.9 Å². The van der Waals surface area contributed by atoms with Gasteiger partial charge in [-0.15, -0.1) is 11.8 Å². The van der Waals surface area contributed by atoms with Crippen molar-refractivity contribution in [3.8, 4) is 0 Å². The number of carbonyl (C=O) groups is 1. The van der Waals surface area contributed by atoms with Gasteiger partial charge in [0.05, 0.1) is 10.6 Å². The quantitative estimate of drug-likeness (QED) is 0.838. The molecule has 0 bridgehead atoms. The number of hydrogen-bond donors (Lipinski definition) is 1. The molecule has 1 amide bonds. The number of hydrogen-bond acceptors (Lipinski definition) is 3. The average Bonchev–Trinajstić information content (AvgIpc) is 2.53. The third-order valence-corrected chi connectivity index (χ3v) is 4.98. The van der Waals surface area contributed by atoms with Gasteiger partial charge in [0.15, 0.2) is 0 Å². The minimum absolute atomic E-state index is 0.0331. The lowest BCUT2D eigenvalue weighted by molar-refractivity contribution is 0.0741. The van der Waals surface area contributed by atoms with Crippen LogP contribution in [0.5, 0.6) is 0 Å². The number of likely N-dealkylation sites (N-methyl/N-ethyl adjacent to an activating group) is 1. The lowest BCUT2D eigenvalue weighted by atomic mass is 10.0. The summed E-state index contributed by atoms with van der Waals surface area (Å²) in [5, 5.41) is 4.03. The van der Waals surface area contributed by atoms with Crippen LogP contribution in [-0.4, -0.2) is 42.7 Å². The van der Waals surface area contributed by atoms with Gasteiger partial charge in [-0.1, -0.05) is 18.0 Å². The maximum atomic E-state index is 12.7. The van der Waals surface area contributed by atoms with E-state index in [-0.39, 0.29) is 5.91 Å². The van der Waals surface area contributed by atoms with E-state index in [2.05, 4.69) is 5.32 Å². The van der Waals surface area contributed by atoms with Crippen LogP contribution in [-0.2, 0) is 0 Å². The van der Waals surface area contributed by atoms with Gasteiger partial charge in [-0.2, -0.15) is 0 Å². The Balaban J connectivity index is 2.11. The van der Waals surface area contributed by atoms with E-state index in [1.165, 1.54) is 12.8 Å². The average molecular weight is 327 g/mol. The van der Waals surface area contributed by atoms with Gasteiger partial charge < -0.3 is 10.2 Å². The van der Waals surface area contributed by atoms with Gasteiger partial charge in [-0.05, 0) is 50.8 Å². The Morgan fingerprint density at radius 2 is 2.29 bits per heavy atom. The lowest BCUT2D eigenvalue weighted by Crippen LogP contribution is -2.45. The summed E-state index contributed by atoms with van der Waals surface area (Å²) in [5.41, 5.74) is 0.612. The van der Waals surface area contributed by atoms with Gasteiger partial charge in [0, 0.05) is 24.0 Å². The third-order valence-electron chi connectivity index (χ3n) is 3.93. The first-order chi connectivity index (χ1) is 10.2. The number of carbonyl (C=O) groups excluding carboxylic acids is 1. The number of halogens is 1. The Hall–Kier alpha value is -0.710. The predicted molar refractivity (Wildman–Crippen MR) is 90.5 cm³/mol. The summed E-state index contributed by atoms with van der Waals surface area (Å²) in [7, 11) is 0. The molecule has 1 aliphatic rings. The fourth-order valence-electron chi connectivity index (χ4n) is 2.67. The van der Waals surface area contributed by atoms with Crippen LogP contribution in [0.25, 0.3) is 0 Å². The van der Waals surface area contributed by atoms with E-state index < -0.39 is 0 Å². The molecule has 21 heavy (non-hydrogen) atoms. The number of nitrogens with one attached hydrogen (secondary N) is 1. The van der Waals surface area contributed by atoms with Crippen LogP contribution in [0.1, 0.15) is 36.5 Å². The summed E-state index contributed by atoms with van der Waals surface area (Å²) in [5.74, 6) is 0.0331. The Labute approximate surface area is 136 Å². The van der Waals surface area contributed by atoms with Crippen LogP contribution < -0.4 is 5.32 Å². The second-order valence-electron chi connectivity index (χ2n) is 5.34. The molecule has 1 aromatic rings. The highest BCUT2D eigenvalue weighted by Crippen LogP contribution is 2.24. The van der Waals surface area contributed by atoms with Crippen LogP contribution in [0.3, 0.4) is 0 Å². The van der Waals surface area contributed by atoms with E-state index in [4.69, 9.17) is 11.6 Å². The maximum absolute atomic E-state index is 12.7. The fourth-order valence-corrected chi connectivity index (χ4v) is 3.31. The first kappa shape index (κ1) is 16.7. The van der Waals surface area contributed by atoms with Crippen molar-refractivity contribution in [3.63, 3.8) is 0 Å². The van der Waals surface area contributed by atoms with Crippen molar-refractivity contribution < 1.29 is 4.79 Å². The van der Waals surface area contributed by atoms with Crippen LogP contribution in [0.15, 0.2) is 23.1 Å². The smallest absolute Gasteiger partial charge is 0.255 e. The zero-order chi connectivity index (χ0) is 15.2. The van der Waals surface area contributed by atoms with Gasteiger partial charge in [0.2, 0.25) is 0 Å². The molecule has 2 rings (SSSR count). The number of rotatable bonds is 5. The standard InChI is InChI=1S/C16H23ClN2OS/c1-3-19(11-12-6-4-5-9-18-12)16(20)14-10-13(21-2)7-8-15(14)17/h7-8,10,12,18H,3-6,9,11H2,1-2H3. The number of amides is 1. The van der Waals surface area contributed by atoms with Crippen molar-refractivity contribution >= 4 is 29.3 Å². The first-order valence-corrected chi connectivity index (χ1v) is 9.12. The summed E-state index contributed by atoms with van der Waals surface area (Å²) >= 11 is 7.84. The van der Waals surface area contributed by atoms with Gasteiger partial charge in [0.25, 0.3) is 5.91 Å². The molecule has 1 aliphatic heterocycles. The van der Waals surface area contributed by atoms with E-state index in [0.717, 1.165) is 24.4 Å². The summed E-state index contributed by atoms with van der Waals surface area (Å²) in [6, 6.07) is 6.06. The molecule has 0 aliphatic carbocycles. The Morgan fingerprint density at radius 3 is 2.90 bits per heavy atom. The molecular weight excluding hydrogens is 304 g/mol. The first-order valence-electron chi connectivity index (χ1n) is 7.52. The largest absolute Gasteiger partial charge is 0.337 e. The summed E-state index contributed by atoms with van der Waals surface area (Å²) < 4.78 is 0. The van der Waals surface area contributed by atoms with Gasteiger partial charge in [0.1, 0.15) is 0 Å². The molecule has 0 aromatic heterocycles.